The second-order valence-electron chi connectivity index (χ2n) is 2.62. The molecule has 3 heteroatoms. The Hall–Kier alpha value is -0.960. The van der Waals surface area contributed by atoms with Gasteiger partial charge in [0, 0.05) is 5.75 Å². The lowest BCUT2D eigenvalue weighted by atomic mass is 10.1. The average molecular weight is 182 g/mol. The third-order valence-electron chi connectivity index (χ3n) is 1.67. The Bertz CT molecular complexity index is 307. The van der Waals surface area contributed by atoms with Crippen LogP contribution in [0.4, 0.5) is 0 Å². The van der Waals surface area contributed by atoms with E-state index < -0.39 is 5.97 Å². The zero-order chi connectivity index (χ0) is 9.14. The van der Waals surface area contributed by atoms with Gasteiger partial charge in [0.1, 0.15) is 0 Å². The zero-order valence-corrected chi connectivity index (χ0v) is 7.64. The van der Waals surface area contributed by atoms with Crippen molar-refractivity contribution in [2.24, 2.45) is 0 Å². The van der Waals surface area contributed by atoms with Gasteiger partial charge in [-0.2, -0.15) is 12.6 Å². The Balaban J connectivity index is 3.21. The molecule has 0 saturated heterocycles. The molecule has 0 aromatic heterocycles. The first-order valence-electron chi connectivity index (χ1n) is 3.59. The second-order valence-corrected chi connectivity index (χ2v) is 2.94. The highest BCUT2D eigenvalue weighted by Crippen LogP contribution is 2.13. The van der Waals surface area contributed by atoms with Crippen LogP contribution >= 0.6 is 12.6 Å². The smallest absolute Gasteiger partial charge is 0.336 e. The minimum absolute atomic E-state index is 0.352. The molecule has 1 aromatic carbocycles. The summed E-state index contributed by atoms with van der Waals surface area (Å²) in [7, 11) is 0. The van der Waals surface area contributed by atoms with Crippen molar-refractivity contribution in [2.45, 2.75) is 12.7 Å². The molecule has 0 saturated carbocycles. The third kappa shape index (κ3) is 1.80. The predicted octanol–water partition coefficient (Wildman–Crippen LogP) is 2.12. The summed E-state index contributed by atoms with van der Waals surface area (Å²) >= 11 is 4.05. The van der Waals surface area contributed by atoms with E-state index in [4.69, 9.17) is 5.11 Å². The number of carboxylic acid groups (broad SMARTS) is 1. The molecule has 12 heavy (non-hydrogen) atoms. The van der Waals surface area contributed by atoms with E-state index in [9.17, 15) is 4.79 Å². The fraction of sp³-hybridized carbons (Fsp3) is 0.222. The Morgan fingerprint density at radius 1 is 1.58 bits per heavy atom. The van der Waals surface area contributed by atoms with Gasteiger partial charge in [0.05, 0.1) is 5.56 Å². The zero-order valence-electron chi connectivity index (χ0n) is 6.74. The van der Waals surface area contributed by atoms with Gasteiger partial charge in [-0.1, -0.05) is 17.7 Å². The van der Waals surface area contributed by atoms with Crippen LogP contribution in [0.3, 0.4) is 0 Å². The number of aryl methyl sites for hydroxylation is 1. The summed E-state index contributed by atoms with van der Waals surface area (Å²) in [6.07, 6.45) is 0. The van der Waals surface area contributed by atoms with Crippen LogP contribution in [0, 0.1) is 6.92 Å². The molecule has 0 aliphatic heterocycles. The fourth-order valence-corrected chi connectivity index (χ4v) is 1.30. The van der Waals surface area contributed by atoms with Crippen molar-refractivity contribution in [1.29, 1.82) is 0 Å². The van der Waals surface area contributed by atoms with Gasteiger partial charge in [-0.15, -0.1) is 0 Å². The lowest BCUT2D eigenvalue weighted by Crippen LogP contribution is -2.01. The van der Waals surface area contributed by atoms with Crippen molar-refractivity contribution in [3.05, 3.63) is 34.9 Å². The van der Waals surface area contributed by atoms with Gasteiger partial charge >= 0.3 is 5.97 Å². The average Bonchev–Trinajstić information content (AvgIpc) is 2.04. The van der Waals surface area contributed by atoms with Crippen LogP contribution in [-0.2, 0) is 5.75 Å². The number of carboxylic acids is 1. The molecule has 1 aromatic rings. The number of hydrogen-bond acceptors (Lipinski definition) is 2. The molecule has 0 unspecified atom stereocenters. The van der Waals surface area contributed by atoms with Crippen LogP contribution in [0.5, 0.6) is 0 Å². The fourth-order valence-electron chi connectivity index (χ4n) is 1.03. The molecule has 1 rings (SSSR count). The van der Waals surface area contributed by atoms with Crippen LogP contribution < -0.4 is 0 Å². The summed E-state index contributed by atoms with van der Waals surface area (Å²) in [6.45, 7) is 1.87. The number of aromatic carboxylic acids is 1. The molecular formula is C9H10O2S. The summed E-state index contributed by atoms with van der Waals surface area (Å²) in [6, 6.07) is 5.34. The van der Waals surface area contributed by atoms with E-state index in [1.165, 1.54) is 0 Å². The SMILES string of the molecule is Cc1ccc(CS)c(C(=O)O)c1. The first-order valence-corrected chi connectivity index (χ1v) is 4.22. The van der Waals surface area contributed by atoms with Crippen molar-refractivity contribution in [3.8, 4) is 0 Å². The molecular weight excluding hydrogens is 172 g/mol. The summed E-state index contributed by atoms with van der Waals surface area (Å²) < 4.78 is 0. The summed E-state index contributed by atoms with van der Waals surface area (Å²) in [5.41, 5.74) is 2.07. The molecule has 0 aliphatic rings. The molecule has 64 valence electrons. The minimum Gasteiger partial charge on any atom is -0.478 e. The van der Waals surface area contributed by atoms with E-state index in [1.807, 2.05) is 13.0 Å². The normalized spacial score (nSPS) is 9.83. The monoisotopic (exact) mass is 182 g/mol. The van der Waals surface area contributed by atoms with Gasteiger partial charge in [-0.05, 0) is 18.6 Å². The Labute approximate surface area is 76.6 Å². The summed E-state index contributed by atoms with van der Waals surface area (Å²) in [5.74, 6) is -0.426. The van der Waals surface area contributed by atoms with Crippen molar-refractivity contribution in [1.82, 2.24) is 0 Å². The van der Waals surface area contributed by atoms with Crippen LogP contribution in [0.1, 0.15) is 21.5 Å². The topological polar surface area (TPSA) is 37.3 Å². The van der Waals surface area contributed by atoms with Gasteiger partial charge in [-0.25, -0.2) is 4.79 Å². The van der Waals surface area contributed by atoms with E-state index in [-0.39, 0.29) is 0 Å². The largest absolute Gasteiger partial charge is 0.478 e. The molecule has 0 bridgehead atoms. The van der Waals surface area contributed by atoms with Crippen LogP contribution in [0.2, 0.25) is 0 Å². The predicted molar refractivity (Wildman–Crippen MR) is 50.8 cm³/mol. The standard InChI is InChI=1S/C9H10O2S/c1-6-2-3-7(5-12)8(4-6)9(10)11/h2-4,12H,5H2,1H3,(H,10,11). The molecule has 0 radical (unpaired) electrons. The Morgan fingerprint density at radius 2 is 2.25 bits per heavy atom. The third-order valence-corrected chi connectivity index (χ3v) is 2.01. The van der Waals surface area contributed by atoms with Crippen molar-refractivity contribution in [2.75, 3.05) is 0 Å². The maximum Gasteiger partial charge on any atom is 0.336 e. The van der Waals surface area contributed by atoms with Gasteiger partial charge < -0.3 is 5.11 Å². The molecule has 2 nitrogen and oxygen atoms in total. The van der Waals surface area contributed by atoms with E-state index in [2.05, 4.69) is 12.6 Å². The number of carbonyl (C=O) groups is 1. The highest BCUT2D eigenvalue weighted by molar-refractivity contribution is 7.79. The quantitative estimate of drug-likeness (QED) is 0.687. The lowest BCUT2D eigenvalue weighted by Gasteiger charge is -2.03. The van der Waals surface area contributed by atoms with Crippen LogP contribution in [0.15, 0.2) is 18.2 Å². The lowest BCUT2D eigenvalue weighted by molar-refractivity contribution is 0.0696. The van der Waals surface area contributed by atoms with Gasteiger partial charge in [0.15, 0.2) is 0 Å². The van der Waals surface area contributed by atoms with Gasteiger partial charge in [-0.3, -0.25) is 0 Å². The van der Waals surface area contributed by atoms with E-state index in [0.717, 1.165) is 11.1 Å². The molecule has 1 N–H and O–H groups in total. The Morgan fingerprint density at radius 3 is 2.75 bits per heavy atom. The molecule has 0 fully saturated rings. The number of rotatable bonds is 2. The van der Waals surface area contributed by atoms with E-state index in [1.54, 1.807) is 12.1 Å². The molecule has 0 heterocycles. The molecule has 0 aliphatic carbocycles. The Kier molecular flexibility index (Phi) is 2.76. The molecule has 0 amide bonds. The van der Waals surface area contributed by atoms with Gasteiger partial charge in [0.25, 0.3) is 0 Å². The first-order chi connectivity index (χ1) is 5.65. The number of hydrogen-bond donors (Lipinski definition) is 2. The van der Waals surface area contributed by atoms with Crippen LogP contribution in [-0.4, -0.2) is 11.1 Å². The molecule has 0 spiro atoms. The first kappa shape index (κ1) is 9.13. The van der Waals surface area contributed by atoms with Crippen LogP contribution in [0.25, 0.3) is 0 Å². The van der Waals surface area contributed by atoms with E-state index >= 15 is 0 Å². The van der Waals surface area contributed by atoms with Gasteiger partial charge in [0.2, 0.25) is 0 Å². The minimum atomic E-state index is -0.886. The maximum atomic E-state index is 10.7. The number of thiol groups is 1. The van der Waals surface area contributed by atoms with Crippen molar-refractivity contribution in [3.63, 3.8) is 0 Å². The summed E-state index contributed by atoms with van der Waals surface area (Å²) in [5, 5.41) is 8.79. The highest BCUT2D eigenvalue weighted by atomic mass is 32.1. The maximum absolute atomic E-state index is 10.7. The highest BCUT2D eigenvalue weighted by Gasteiger charge is 2.07. The molecule has 0 atom stereocenters. The second kappa shape index (κ2) is 3.63. The summed E-state index contributed by atoms with van der Waals surface area (Å²) in [4.78, 5) is 10.7. The van der Waals surface area contributed by atoms with Crippen molar-refractivity contribution >= 4 is 18.6 Å². The van der Waals surface area contributed by atoms with E-state index in [0.29, 0.717) is 11.3 Å². The number of benzene rings is 1. The van der Waals surface area contributed by atoms with Crippen molar-refractivity contribution < 1.29 is 9.90 Å².